The molecule has 2 heterocycles. The highest BCUT2D eigenvalue weighted by atomic mass is 16.5. The molecule has 0 bridgehead atoms. The molecule has 2 rings (SSSR count). The average molecular weight is 260 g/mol. The number of nitrogens with zero attached hydrogens (tertiary/aromatic N) is 2. The number of carbonyl (C=O) groups excluding carboxylic acids is 1. The van der Waals surface area contributed by atoms with Gasteiger partial charge in [0.2, 0.25) is 0 Å². The topological polar surface area (TPSA) is 79.9 Å². The Bertz CT molecular complexity index is 539. The first-order valence-electron chi connectivity index (χ1n) is 5.96. The lowest BCUT2D eigenvalue weighted by molar-refractivity contribution is -0.142. The second-order valence-corrected chi connectivity index (χ2v) is 4.14. The van der Waals surface area contributed by atoms with Crippen LogP contribution in [0, 0.1) is 0 Å². The monoisotopic (exact) mass is 260 g/mol. The molecule has 1 atom stereocenters. The zero-order valence-corrected chi connectivity index (χ0v) is 10.9. The van der Waals surface area contributed by atoms with Crippen molar-refractivity contribution in [1.29, 1.82) is 0 Å². The fourth-order valence-electron chi connectivity index (χ4n) is 1.73. The highest BCUT2D eigenvalue weighted by molar-refractivity contribution is 5.75. The highest BCUT2D eigenvalue weighted by Crippen LogP contribution is 2.19. The van der Waals surface area contributed by atoms with E-state index >= 15 is 0 Å². The molecule has 100 valence electrons. The minimum absolute atomic E-state index is 0.286. The van der Waals surface area contributed by atoms with E-state index in [1.165, 1.54) is 7.11 Å². The van der Waals surface area contributed by atoms with Gasteiger partial charge >= 0.3 is 5.97 Å². The Kier molecular flexibility index (Phi) is 4.25. The van der Waals surface area contributed by atoms with Crippen LogP contribution < -0.4 is 5.32 Å². The second kappa shape index (κ2) is 6.10. The largest absolute Gasteiger partial charge is 0.468 e. The number of methoxy groups -OCH3 is 1. The number of pyridine rings is 1. The van der Waals surface area contributed by atoms with E-state index < -0.39 is 0 Å². The first-order valence-corrected chi connectivity index (χ1v) is 5.96. The van der Waals surface area contributed by atoms with Crippen LogP contribution in [0.2, 0.25) is 0 Å². The summed E-state index contributed by atoms with van der Waals surface area (Å²) in [6.07, 6.45) is 5.22. The number of carbonyl (C=O) groups is 1. The molecule has 0 saturated carbocycles. The van der Waals surface area contributed by atoms with Crippen LogP contribution in [0.25, 0.3) is 11.3 Å². The van der Waals surface area contributed by atoms with Crippen molar-refractivity contribution in [2.24, 2.45) is 0 Å². The summed E-state index contributed by atoms with van der Waals surface area (Å²) in [5.74, 6) is -0.286. The Morgan fingerprint density at radius 1 is 1.53 bits per heavy atom. The molecule has 0 saturated heterocycles. The Labute approximate surface area is 111 Å². The first-order chi connectivity index (χ1) is 9.22. The van der Waals surface area contributed by atoms with E-state index in [4.69, 9.17) is 0 Å². The van der Waals surface area contributed by atoms with Crippen LogP contribution in [0.15, 0.2) is 30.7 Å². The molecule has 2 aromatic heterocycles. The molecule has 0 aliphatic rings. The number of H-pyrrole nitrogens is 1. The molecule has 0 amide bonds. The summed E-state index contributed by atoms with van der Waals surface area (Å²) in [4.78, 5) is 15.4. The molecule has 2 N–H and O–H groups in total. The van der Waals surface area contributed by atoms with E-state index in [9.17, 15) is 4.79 Å². The fourth-order valence-corrected chi connectivity index (χ4v) is 1.73. The van der Waals surface area contributed by atoms with Gasteiger partial charge in [-0.25, -0.2) is 0 Å². The Morgan fingerprint density at radius 3 is 3.05 bits per heavy atom. The standard InChI is InChI=1S/C13H16N4O2/c1-9(13(18)19-2)15-7-11-8-16-17-12(11)10-4-3-5-14-6-10/h3-6,8-9,15H,7H2,1-2H3,(H,16,17). The molecule has 0 radical (unpaired) electrons. The fraction of sp³-hybridized carbons (Fsp3) is 0.308. The molecule has 0 aliphatic carbocycles. The summed E-state index contributed by atoms with van der Waals surface area (Å²) in [5.41, 5.74) is 2.84. The number of nitrogens with one attached hydrogen (secondary N) is 2. The molecular weight excluding hydrogens is 244 g/mol. The van der Waals surface area contributed by atoms with Crippen LogP contribution in [0.3, 0.4) is 0 Å². The lowest BCUT2D eigenvalue weighted by atomic mass is 10.1. The van der Waals surface area contributed by atoms with Gasteiger partial charge in [0.05, 0.1) is 19.0 Å². The van der Waals surface area contributed by atoms with Gasteiger partial charge in [0, 0.05) is 30.1 Å². The maximum Gasteiger partial charge on any atom is 0.322 e. The van der Waals surface area contributed by atoms with Crippen LogP contribution in [-0.2, 0) is 16.1 Å². The lowest BCUT2D eigenvalue weighted by Crippen LogP contribution is -2.34. The zero-order valence-electron chi connectivity index (χ0n) is 10.9. The predicted octanol–water partition coefficient (Wildman–Crippen LogP) is 1.12. The van der Waals surface area contributed by atoms with Gasteiger partial charge in [0.15, 0.2) is 0 Å². The maximum absolute atomic E-state index is 11.3. The molecule has 0 spiro atoms. The summed E-state index contributed by atoms with van der Waals surface area (Å²) in [7, 11) is 1.37. The van der Waals surface area contributed by atoms with Gasteiger partial charge in [-0.3, -0.25) is 14.9 Å². The lowest BCUT2D eigenvalue weighted by Gasteiger charge is -2.11. The van der Waals surface area contributed by atoms with E-state index in [1.54, 1.807) is 25.5 Å². The molecule has 6 heteroatoms. The number of hydrogen-bond acceptors (Lipinski definition) is 5. The summed E-state index contributed by atoms with van der Waals surface area (Å²) in [6.45, 7) is 2.28. The third kappa shape index (κ3) is 3.17. The van der Waals surface area contributed by atoms with Crippen LogP contribution >= 0.6 is 0 Å². The minimum Gasteiger partial charge on any atom is -0.468 e. The molecule has 0 aromatic carbocycles. The van der Waals surface area contributed by atoms with Crippen LogP contribution in [0.1, 0.15) is 12.5 Å². The van der Waals surface area contributed by atoms with Crippen molar-refractivity contribution in [2.45, 2.75) is 19.5 Å². The third-order valence-corrected chi connectivity index (χ3v) is 2.82. The van der Waals surface area contributed by atoms with E-state index in [0.717, 1.165) is 16.8 Å². The summed E-state index contributed by atoms with van der Waals surface area (Å²) in [6, 6.07) is 3.46. The molecule has 0 fully saturated rings. The zero-order chi connectivity index (χ0) is 13.7. The third-order valence-electron chi connectivity index (χ3n) is 2.82. The summed E-state index contributed by atoms with van der Waals surface area (Å²) < 4.78 is 4.66. The van der Waals surface area contributed by atoms with Gasteiger partial charge in [-0.1, -0.05) is 0 Å². The molecule has 1 unspecified atom stereocenters. The van der Waals surface area contributed by atoms with Crippen molar-refractivity contribution in [2.75, 3.05) is 7.11 Å². The van der Waals surface area contributed by atoms with Gasteiger partial charge in [-0.15, -0.1) is 0 Å². The van der Waals surface area contributed by atoms with E-state index in [1.807, 2.05) is 12.1 Å². The molecule has 0 aliphatic heterocycles. The van der Waals surface area contributed by atoms with Gasteiger partial charge in [-0.05, 0) is 19.1 Å². The molecular formula is C13H16N4O2. The molecule has 19 heavy (non-hydrogen) atoms. The summed E-state index contributed by atoms with van der Waals surface area (Å²) >= 11 is 0. The number of hydrogen-bond donors (Lipinski definition) is 2. The van der Waals surface area contributed by atoms with Gasteiger partial charge in [-0.2, -0.15) is 5.10 Å². The molecule has 2 aromatic rings. The number of aromatic nitrogens is 3. The molecule has 6 nitrogen and oxygen atoms in total. The van der Waals surface area contributed by atoms with Crippen LogP contribution in [0.4, 0.5) is 0 Å². The average Bonchev–Trinajstić information content (AvgIpc) is 2.93. The normalized spacial score (nSPS) is 12.1. The second-order valence-electron chi connectivity index (χ2n) is 4.14. The van der Waals surface area contributed by atoms with E-state index in [2.05, 4.69) is 25.2 Å². The Morgan fingerprint density at radius 2 is 2.37 bits per heavy atom. The van der Waals surface area contributed by atoms with Gasteiger partial charge in [0.25, 0.3) is 0 Å². The highest BCUT2D eigenvalue weighted by Gasteiger charge is 2.14. The van der Waals surface area contributed by atoms with Crippen molar-refractivity contribution in [1.82, 2.24) is 20.5 Å². The predicted molar refractivity (Wildman–Crippen MR) is 70.1 cm³/mol. The van der Waals surface area contributed by atoms with Crippen LogP contribution in [-0.4, -0.2) is 34.3 Å². The van der Waals surface area contributed by atoms with Crippen molar-refractivity contribution >= 4 is 5.97 Å². The summed E-state index contributed by atoms with van der Waals surface area (Å²) in [5, 5.41) is 10.1. The van der Waals surface area contributed by atoms with Crippen LogP contribution in [0.5, 0.6) is 0 Å². The minimum atomic E-state index is -0.360. The number of aromatic amines is 1. The van der Waals surface area contributed by atoms with Crippen molar-refractivity contribution in [3.05, 3.63) is 36.3 Å². The number of esters is 1. The Hall–Kier alpha value is -2.21. The van der Waals surface area contributed by atoms with Crippen molar-refractivity contribution < 1.29 is 9.53 Å². The van der Waals surface area contributed by atoms with Crippen molar-refractivity contribution in [3.63, 3.8) is 0 Å². The van der Waals surface area contributed by atoms with Crippen molar-refractivity contribution in [3.8, 4) is 11.3 Å². The van der Waals surface area contributed by atoms with Gasteiger partial charge < -0.3 is 10.1 Å². The maximum atomic E-state index is 11.3. The number of rotatable bonds is 5. The smallest absolute Gasteiger partial charge is 0.322 e. The first kappa shape index (κ1) is 13.2. The van der Waals surface area contributed by atoms with Gasteiger partial charge in [0.1, 0.15) is 6.04 Å². The van der Waals surface area contributed by atoms with E-state index in [-0.39, 0.29) is 12.0 Å². The Balaban J connectivity index is 2.07. The number of ether oxygens (including phenoxy) is 1. The van der Waals surface area contributed by atoms with E-state index in [0.29, 0.717) is 6.54 Å². The quantitative estimate of drug-likeness (QED) is 0.788. The SMILES string of the molecule is COC(=O)C(C)NCc1cn[nH]c1-c1cccnc1.